The molecule has 0 aromatic carbocycles. The van der Waals surface area contributed by atoms with Gasteiger partial charge >= 0.3 is 0 Å². The highest BCUT2D eigenvalue weighted by molar-refractivity contribution is 7.99. The first-order chi connectivity index (χ1) is 6.83. The van der Waals surface area contributed by atoms with Gasteiger partial charge < -0.3 is 0 Å². The molecule has 0 fully saturated rings. The summed E-state index contributed by atoms with van der Waals surface area (Å²) in [6.07, 6.45) is 6.31. The van der Waals surface area contributed by atoms with Crippen LogP contribution in [0.5, 0.6) is 0 Å². The highest BCUT2D eigenvalue weighted by atomic mass is 32.2. The molecule has 1 aromatic rings. The second-order valence-electron chi connectivity index (χ2n) is 3.01. The lowest BCUT2D eigenvalue weighted by atomic mass is 10.3. The van der Waals surface area contributed by atoms with E-state index in [-0.39, 0.29) is 0 Å². The summed E-state index contributed by atoms with van der Waals surface area (Å²) in [5.41, 5.74) is 1.08. The van der Waals surface area contributed by atoms with Gasteiger partial charge in [0.05, 0.1) is 6.07 Å². The molecule has 0 radical (unpaired) electrons. The molecule has 0 saturated carbocycles. The van der Waals surface area contributed by atoms with Crippen molar-refractivity contribution in [2.45, 2.75) is 31.3 Å². The molecule has 4 heteroatoms. The number of nitriles is 1. The van der Waals surface area contributed by atoms with Gasteiger partial charge in [0.15, 0.2) is 5.16 Å². The lowest BCUT2D eigenvalue weighted by Crippen LogP contribution is -1.88. The molecule has 0 N–H and O–H groups in total. The number of unbranched alkanes of at least 4 members (excludes halogenated alkanes) is 2. The lowest BCUT2D eigenvalue weighted by Gasteiger charge is -1.98. The fraction of sp³-hybridized carbons (Fsp3) is 0.500. The number of aromatic nitrogens is 2. The molecule has 1 rings (SSSR count). The van der Waals surface area contributed by atoms with Crippen LogP contribution in [0.3, 0.4) is 0 Å². The van der Waals surface area contributed by atoms with Crippen molar-refractivity contribution in [3.8, 4) is 6.07 Å². The molecule has 3 nitrogen and oxygen atoms in total. The first-order valence-corrected chi connectivity index (χ1v) is 5.60. The van der Waals surface area contributed by atoms with E-state index in [1.807, 2.05) is 19.3 Å². The summed E-state index contributed by atoms with van der Waals surface area (Å²) in [5.74, 6) is 0.991. The zero-order valence-corrected chi connectivity index (χ0v) is 9.05. The van der Waals surface area contributed by atoms with E-state index in [1.54, 1.807) is 11.8 Å². The van der Waals surface area contributed by atoms with Crippen LogP contribution in [-0.4, -0.2) is 15.7 Å². The number of nitrogens with zero attached hydrogens (tertiary/aromatic N) is 3. The van der Waals surface area contributed by atoms with Crippen molar-refractivity contribution in [1.82, 2.24) is 9.97 Å². The Morgan fingerprint density at radius 1 is 1.36 bits per heavy atom. The van der Waals surface area contributed by atoms with Gasteiger partial charge in [-0.1, -0.05) is 11.8 Å². The molecule has 14 heavy (non-hydrogen) atoms. The van der Waals surface area contributed by atoms with Gasteiger partial charge in [-0.2, -0.15) is 5.26 Å². The maximum atomic E-state index is 8.33. The highest BCUT2D eigenvalue weighted by Crippen LogP contribution is 2.14. The molecule has 0 aliphatic carbocycles. The third-order valence-electron chi connectivity index (χ3n) is 1.67. The van der Waals surface area contributed by atoms with Crippen LogP contribution in [0, 0.1) is 18.3 Å². The van der Waals surface area contributed by atoms with Gasteiger partial charge in [-0.05, 0) is 25.3 Å². The Bertz CT molecular complexity index is 302. The Labute approximate surface area is 88.6 Å². The average Bonchev–Trinajstić information content (AvgIpc) is 2.21. The molecule has 0 amide bonds. The molecular weight excluding hydrogens is 194 g/mol. The molecular formula is C10H13N3S. The quantitative estimate of drug-likeness (QED) is 0.423. The van der Waals surface area contributed by atoms with Crippen LogP contribution in [-0.2, 0) is 0 Å². The van der Waals surface area contributed by atoms with Gasteiger partial charge in [0.2, 0.25) is 0 Å². The fourth-order valence-corrected chi connectivity index (χ4v) is 1.71. The first-order valence-electron chi connectivity index (χ1n) is 4.61. The summed E-state index contributed by atoms with van der Waals surface area (Å²) in [6.45, 7) is 1.97. The van der Waals surface area contributed by atoms with Crippen molar-refractivity contribution >= 4 is 11.8 Å². The summed E-state index contributed by atoms with van der Waals surface area (Å²) in [6, 6.07) is 2.13. The minimum absolute atomic E-state index is 0.648. The van der Waals surface area contributed by atoms with Gasteiger partial charge in [0, 0.05) is 24.6 Å². The number of aryl methyl sites for hydroxylation is 1. The van der Waals surface area contributed by atoms with Gasteiger partial charge in [-0.3, -0.25) is 0 Å². The van der Waals surface area contributed by atoms with Gasteiger partial charge in [0.1, 0.15) is 0 Å². The number of thioether (sulfide) groups is 1. The van der Waals surface area contributed by atoms with Crippen LogP contribution in [0.2, 0.25) is 0 Å². The Morgan fingerprint density at radius 2 is 2.07 bits per heavy atom. The Hall–Kier alpha value is -1.08. The zero-order chi connectivity index (χ0) is 10.2. The first kappa shape index (κ1) is 11.0. The van der Waals surface area contributed by atoms with Gasteiger partial charge in [0.25, 0.3) is 0 Å². The second kappa shape index (κ2) is 6.39. The molecule has 0 aliphatic heterocycles. The van der Waals surface area contributed by atoms with Crippen molar-refractivity contribution in [3.05, 3.63) is 18.0 Å². The maximum absolute atomic E-state index is 8.33. The number of rotatable bonds is 5. The van der Waals surface area contributed by atoms with E-state index in [2.05, 4.69) is 16.0 Å². The topological polar surface area (TPSA) is 49.6 Å². The van der Waals surface area contributed by atoms with Crippen molar-refractivity contribution in [3.63, 3.8) is 0 Å². The van der Waals surface area contributed by atoms with E-state index in [4.69, 9.17) is 5.26 Å². The summed E-state index contributed by atoms with van der Waals surface area (Å²) in [5, 5.41) is 9.16. The SMILES string of the molecule is Cc1cnc(SCCCCC#N)nc1. The smallest absolute Gasteiger partial charge is 0.187 e. The van der Waals surface area contributed by atoms with E-state index in [0.29, 0.717) is 6.42 Å². The highest BCUT2D eigenvalue weighted by Gasteiger charge is 1.96. The third-order valence-corrected chi connectivity index (χ3v) is 2.63. The largest absolute Gasteiger partial charge is 0.231 e. The normalized spacial score (nSPS) is 9.71. The van der Waals surface area contributed by atoms with Crippen LogP contribution in [0.4, 0.5) is 0 Å². The molecule has 0 spiro atoms. The molecule has 0 bridgehead atoms. The van der Waals surface area contributed by atoms with Crippen LogP contribution >= 0.6 is 11.8 Å². The third kappa shape index (κ3) is 4.24. The molecule has 0 aliphatic rings. The maximum Gasteiger partial charge on any atom is 0.187 e. The van der Waals surface area contributed by atoms with Crippen LogP contribution in [0.15, 0.2) is 17.6 Å². The second-order valence-corrected chi connectivity index (χ2v) is 4.07. The fourth-order valence-electron chi connectivity index (χ4n) is 0.925. The van der Waals surface area contributed by atoms with Crippen molar-refractivity contribution in [2.75, 3.05) is 5.75 Å². The van der Waals surface area contributed by atoms with E-state index in [1.165, 1.54) is 0 Å². The van der Waals surface area contributed by atoms with Gasteiger partial charge in [-0.25, -0.2) is 9.97 Å². The van der Waals surface area contributed by atoms with Crippen LogP contribution in [0.1, 0.15) is 24.8 Å². The number of hydrogen-bond acceptors (Lipinski definition) is 4. The van der Waals surface area contributed by atoms with Gasteiger partial charge in [-0.15, -0.1) is 0 Å². The molecule has 0 unspecified atom stereocenters. The van der Waals surface area contributed by atoms with Crippen LogP contribution in [0.25, 0.3) is 0 Å². The lowest BCUT2D eigenvalue weighted by molar-refractivity contribution is 0.827. The van der Waals surface area contributed by atoms with Crippen molar-refractivity contribution in [2.24, 2.45) is 0 Å². The molecule has 74 valence electrons. The Balaban J connectivity index is 2.19. The average molecular weight is 207 g/mol. The zero-order valence-electron chi connectivity index (χ0n) is 8.23. The monoisotopic (exact) mass is 207 g/mol. The number of hydrogen-bond donors (Lipinski definition) is 0. The van der Waals surface area contributed by atoms with Crippen molar-refractivity contribution in [1.29, 1.82) is 5.26 Å². The Kier molecular flexibility index (Phi) is 5.02. The van der Waals surface area contributed by atoms with E-state index in [9.17, 15) is 0 Å². The van der Waals surface area contributed by atoms with E-state index in [0.717, 1.165) is 29.3 Å². The van der Waals surface area contributed by atoms with E-state index >= 15 is 0 Å². The molecule has 1 heterocycles. The van der Waals surface area contributed by atoms with E-state index < -0.39 is 0 Å². The standard InChI is InChI=1S/C10H13N3S/c1-9-7-12-10(13-8-9)14-6-4-2-3-5-11/h7-8H,2-4,6H2,1H3. The van der Waals surface area contributed by atoms with Crippen molar-refractivity contribution < 1.29 is 0 Å². The molecule has 0 saturated heterocycles. The molecule has 0 atom stereocenters. The summed E-state index contributed by atoms with van der Waals surface area (Å²) >= 11 is 1.65. The minimum Gasteiger partial charge on any atom is -0.231 e. The summed E-state index contributed by atoms with van der Waals surface area (Å²) in [7, 11) is 0. The Morgan fingerprint density at radius 3 is 2.71 bits per heavy atom. The minimum atomic E-state index is 0.648. The predicted molar refractivity (Wildman–Crippen MR) is 57.0 cm³/mol. The molecule has 1 aromatic heterocycles. The predicted octanol–water partition coefficient (Wildman–Crippen LogP) is 2.57. The summed E-state index contributed by atoms with van der Waals surface area (Å²) in [4.78, 5) is 8.37. The summed E-state index contributed by atoms with van der Waals surface area (Å²) < 4.78 is 0. The van der Waals surface area contributed by atoms with Crippen LogP contribution < -0.4 is 0 Å².